The van der Waals surface area contributed by atoms with Crippen LogP contribution in [-0.4, -0.2) is 31.2 Å². The molecule has 0 spiro atoms. The van der Waals surface area contributed by atoms with Crippen LogP contribution in [-0.2, 0) is 9.53 Å². The zero-order chi connectivity index (χ0) is 13.1. The molecule has 0 unspecified atom stereocenters. The minimum Gasteiger partial charge on any atom is -0.465 e. The van der Waals surface area contributed by atoms with Gasteiger partial charge >= 0.3 is 5.97 Å². The largest absolute Gasteiger partial charge is 0.465 e. The second kappa shape index (κ2) is 8.84. The normalized spacial score (nSPS) is 10.8. The zero-order valence-electron chi connectivity index (χ0n) is 10.9. The lowest BCUT2D eigenvalue weighted by molar-refractivity contribution is -0.151. The Hall–Kier alpha value is -1.26. The summed E-state index contributed by atoms with van der Waals surface area (Å²) in [5.41, 5.74) is 7.54. The molecule has 0 aliphatic heterocycles. The lowest BCUT2D eigenvalue weighted by Crippen LogP contribution is -2.52. The Kier molecular flexibility index (Phi) is 8.19. The highest BCUT2D eigenvalue weighted by Crippen LogP contribution is 2.17. The van der Waals surface area contributed by atoms with Gasteiger partial charge in [-0.3, -0.25) is 4.79 Å². The maximum atomic E-state index is 11.9. The molecule has 0 aromatic heterocycles. The second-order valence-electron chi connectivity index (χ2n) is 3.74. The van der Waals surface area contributed by atoms with Crippen molar-refractivity contribution in [2.24, 2.45) is 5.11 Å². The van der Waals surface area contributed by atoms with Crippen molar-refractivity contribution in [3.05, 3.63) is 10.4 Å². The third-order valence-electron chi connectivity index (χ3n) is 2.83. The van der Waals surface area contributed by atoms with E-state index in [2.05, 4.69) is 15.3 Å². The summed E-state index contributed by atoms with van der Waals surface area (Å²) >= 11 is 0. The summed E-state index contributed by atoms with van der Waals surface area (Å²) < 4.78 is 5.08. The molecule has 0 aromatic rings. The first-order chi connectivity index (χ1) is 8.16. The summed E-state index contributed by atoms with van der Waals surface area (Å²) in [6, 6.07) is 0. The highest BCUT2D eigenvalue weighted by molar-refractivity contribution is 5.80. The number of esters is 1. The maximum Gasteiger partial charge on any atom is 0.326 e. The van der Waals surface area contributed by atoms with Crippen LogP contribution in [0.3, 0.4) is 0 Å². The number of hydrogen-bond acceptors (Lipinski definition) is 4. The van der Waals surface area contributed by atoms with E-state index in [-0.39, 0.29) is 5.97 Å². The molecule has 1 N–H and O–H groups in total. The Morgan fingerprint density at radius 3 is 2.53 bits per heavy atom. The summed E-state index contributed by atoms with van der Waals surface area (Å²) in [5.74, 6) is -0.200. The molecular formula is C11H22N4O2. The van der Waals surface area contributed by atoms with Crippen LogP contribution in [0, 0.1) is 0 Å². The minimum absolute atomic E-state index is 0.200. The smallest absolute Gasteiger partial charge is 0.326 e. The van der Waals surface area contributed by atoms with E-state index in [9.17, 15) is 4.79 Å². The Balaban J connectivity index is 4.29. The van der Waals surface area contributed by atoms with E-state index < -0.39 is 5.54 Å². The second-order valence-corrected chi connectivity index (χ2v) is 3.74. The van der Waals surface area contributed by atoms with Gasteiger partial charge in [0.05, 0.1) is 6.61 Å². The molecule has 6 nitrogen and oxygen atoms in total. The number of nitrogens with zero attached hydrogens (tertiary/aromatic N) is 3. The van der Waals surface area contributed by atoms with Crippen LogP contribution in [0.15, 0.2) is 5.11 Å². The number of carbonyl (C=O) groups excluding carboxylic acids is 1. The number of hydrogen-bond donors (Lipinski definition) is 1. The van der Waals surface area contributed by atoms with Crippen molar-refractivity contribution in [2.45, 2.75) is 45.6 Å². The summed E-state index contributed by atoms with van der Waals surface area (Å²) in [4.78, 5) is 14.6. The molecule has 0 aliphatic carbocycles. The van der Waals surface area contributed by atoms with Gasteiger partial charge < -0.3 is 10.1 Å². The predicted octanol–water partition coefficient (Wildman–Crippen LogP) is 2.40. The molecule has 0 radical (unpaired) electrons. The molecule has 0 fully saturated rings. The average Bonchev–Trinajstić information content (AvgIpc) is 2.34. The first kappa shape index (κ1) is 15.7. The number of ether oxygens (including phenoxy) is 1. The molecule has 0 amide bonds. The van der Waals surface area contributed by atoms with Crippen LogP contribution < -0.4 is 5.32 Å². The molecule has 0 saturated carbocycles. The lowest BCUT2D eigenvalue weighted by Gasteiger charge is -2.30. The van der Waals surface area contributed by atoms with Gasteiger partial charge in [0.15, 0.2) is 0 Å². The molecule has 0 saturated heterocycles. The molecule has 0 bridgehead atoms. The summed E-state index contributed by atoms with van der Waals surface area (Å²) in [6.07, 6.45) is 2.08. The Morgan fingerprint density at radius 2 is 2.06 bits per heavy atom. The van der Waals surface area contributed by atoms with E-state index in [1.165, 1.54) is 0 Å². The average molecular weight is 242 g/mol. The summed E-state index contributed by atoms with van der Waals surface area (Å²) in [5, 5.41) is 6.67. The molecule has 6 heteroatoms. The number of rotatable bonds is 9. The van der Waals surface area contributed by atoms with Gasteiger partial charge in [0.25, 0.3) is 0 Å². The lowest BCUT2D eigenvalue weighted by atomic mass is 9.92. The van der Waals surface area contributed by atoms with Crippen molar-refractivity contribution in [1.29, 1.82) is 0 Å². The Labute approximate surface area is 102 Å². The van der Waals surface area contributed by atoms with Crippen molar-refractivity contribution < 1.29 is 9.53 Å². The number of azide groups is 1. The highest BCUT2D eigenvalue weighted by atomic mass is 16.5. The van der Waals surface area contributed by atoms with Crippen molar-refractivity contribution >= 4 is 5.97 Å². The quantitative estimate of drug-likeness (QED) is 0.221. The fraction of sp³-hybridized carbons (Fsp3) is 0.909. The third-order valence-corrected chi connectivity index (χ3v) is 2.83. The van der Waals surface area contributed by atoms with Gasteiger partial charge in [-0.15, -0.1) is 0 Å². The van der Waals surface area contributed by atoms with Crippen molar-refractivity contribution in [3.63, 3.8) is 0 Å². The minimum atomic E-state index is -0.605. The van der Waals surface area contributed by atoms with Gasteiger partial charge in [0.1, 0.15) is 5.54 Å². The van der Waals surface area contributed by atoms with Crippen LogP contribution in [0.4, 0.5) is 0 Å². The monoisotopic (exact) mass is 242 g/mol. The highest BCUT2D eigenvalue weighted by Gasteiger charge is 2.35. The number of nitrogens with one attached hydrogen (secondary N) is 1. The van der Waals surface area contributed by atoms with Gasteiger partial charge in [-0.05, 0) is 38.3 Å². The molecule has 0 atom stereocenters. The van der Waals surface area contributed by atoms with Crippen LogP contribution in [0.25, 0.3) is 10.4 Å². The van der Waals surface area contributed by atoms with Crippen LogP contribution in [0.1, 0.15) is 40.0 Å². The standard InChI is InChI=1S/C11H22N4O2/c1-4-11(5-2,10(16)17-6-3)13-8-7-9-14-15-12/h13H,4-9H2,1-3H3. The van der Waals surface area contributed by atoms with Crippen molar-refractivity contribution in [1.82, 2.24) is 5.32 Å². The SMILES string of the molecule is CCOC(=O)C(CC)(CC)NCCCN=[N+]=[N-]. The fourth-order valence-corrected chi connectivity index (χ4v) is 1.65. The molecule has 0 aliphatic rings. The van der Waals surface area contributed by atoms with E-state index in [0.29, 0.717) is 39.0 Å². The first-order valence-corrected chi connectivity index (χ1v) is 6.10. The third kappa shape index (κ3) is 5.06. The van der Waals surface area contributed by atoms with Crippen LogP contribution >= 0.6 is 0 Å². The Bertz CT molecular complexity index is 271. The summed E-state index contributed by atoms with van der Waals surface area (Å²) in [6.45, 7) is 7.19. The van der Waals surface area contributed by atoms with E-state index in [0.717, 1.165) is 0 Å². The maximum absolute atomic E-state index is 11.9. The van der Waals surface area contributed by atoms with Crippen LogP contribution in [0.5, 0.6) is 0 Å². The topological polar surface area (TPSA) is 87.1 Å². The Morgan fingerprint density at radius 1 is 1.41 bits per heavy atom. The molecule has 0 aromatic carbocycles. The molecule has 0 heterocycles. The first-order valence-electron chi connectivity index (χ1n) is 6.10. The van der Waals surface area contributed by atoms with Gasteiger partial charge in [0.2, 0.25) is 0 Å². The molecule has 0 rings (SSSR count). The van der Waals surface area contributed by atoms with Gasteiger partial charge in [-0.25, -0.2) is 0 Å². The van der Waals surface area contributed by atoms with Crippen molar-refractivity contribution in [3.8, 4) is 0 Å². The van der Waals surface area contributed by atoms with Gasteiger partial charge in [-0.1, -0.05) is 19.0 Å². The zero-order valence-corrected chi connectivity index (χ0v) is 10.9. The molecule has 17 heavy (non-hydrogen) atoms. The van der Waals surface area contributed by atoms with E-state index in [4.69, 9.17) is 10.3 Å². The molecule has 98 valence electrons. The summed E-state index contributed by atoms with van der Waals surface area (Å²) in [7, 11) is 0. The fourth-order valence-electron chi connectivity index (χ4n) is 1.65. The number of carbonyl (C=O) groups is 1. The molecular weight excluding hydrogens is 220 g/mol. The van der Waals surface area contributed by atoms with Crippen LogP contribution in [0.2, 0.25) is 0 Å². The predicted molar refractivity (Wildman–Crippen MR) is 66.6 cm³/mol. The van der Waals surface area contributed by atoms with Gasteiger partial charge in [0, 0.05) is 11.5 Å². The van der Waals surface area contributed by atoms with Crippen molar-refractivity contribution in [2.75, 3.05) is 19.7 Å². The van der Waals surface area contributed by atoms with E-state index in [1.807, 2.05) is 13.8 Å². The van der Waals surface area contributed by atoms with E-state index >= 15 is 0 Å². The van der Waals surface area contributed by atoms with E-state index in [1.54, 1.807) is 6.92 Å². The van der Waals surface area contributed by atoms with Gasteiger partial charge in [-0.2, -0.15) is 0 Å².